The van der Waals surface area contributed by atoms with Crippen molar-refractivity contribution >= 4 is 5.96 Å². The summed E-state index contributed by atoms with van der Waals surface area (Å²) < 4.78 is 0. The van der Waals surface area contributed by atoms with Gasteiger partial charge in [-0.05, 0) is 63.5 Å². The topological polar surface area (TPSA) is 30.9 Å². The van der Waals surface area contributed by atoms with E-state index in [0.717, 1.165) is 30.8 Å². The fraction of sp³-hybridized carbons (Fsp3) is 0.947. The predicted octanol–water partition coefficient (Wildman–Crippen LogP) is 2.81. The van der Waals surface area contributed by atoms with Crippen LogP contribution in [0.25, 0.3) is 0 Å². The third kappa shape index (κ3) is 4.40. The van der Waals surface area contributed by atoms with E-state index in [-0.39, 0.29) is 0 Å². The van der Waals surface area contributed by atoms with Gasteiger partial charge < -0.3 is 15.1 Å². The fourth-order valence-electron chi connectivity index (χ4n) is 4.80. The van der Waals surface area contributed by atoms with Crippen LogP contribution in [0.3, 0.4) is 0 Å². The van der Waals surface area contributed by atoms with Gasteiger partial charge >= 0.3 is 0 Å². The summed E-state index contributed by atoms with van der Waals surface area (Å²) in [5.41, 5.74) is 0. The van der Waals surface area contributed by atoms with Crippen LogP contribution in [-0.4, -0.2) is 61.6 Å². The number of nitrogens with zero attached hydrogens (tertiary/aromatic N) is 3. The van der Waals surface area contributed by atoms with Crippen molar-refractivity contribution < 1.29 is 0 Å². The van der Waals surface area contributed by atoms with Gasteiger partial charge in [-0.25, -0.2) is 0 Å². The highest BCUT2D eigenvalue weighted by Gasteiger charge is 2.35. The van der Waals surface area contributed by atoms with E-state index in [0.29, 0.717) is 0 Å². The zero-order chi connectivity index (χ0) is 16.1. The van der Waals surface area contributed by atoms with Gasteiger partial charge in [-0.15, -0.1) is 0 Å². The number of rotatable bonds is 5. The number of hydrogen-bond acceptors (Lipinski definition) is 2. The minimum Gasteiger partial charge on any atom is -0.357 e. The summed E-state index contributed by atoms with van der Waals surface area (Å²) >= 11 is 0. The average Bonchev–Trinajstić information content (AvgIpc) is 3.18. The van der Waals surface area contributed by atoms with E-state index in [1.54, 1.807) is 0 Å². The van der Waals surface area contributed by atoms with Crippen molar-refractivity contribution in [2.24, 2.45) is 22.7 Å². The maximum absolute atomic E-state index is 5.03. The third-order valence-corrected chi connectivity index (χ3v) is 6.02. The van der Waals surface area contributed by atoms with Gasteiger partial charge in [0.05, 0.1) is 0 Å². The number of hydrogen-bond donors (Lipinski definition) is 1. The number of fused-ring (bicyclic) bond motifs is 1. The van der Waals surface area contributed by atoms with Gasteiger partial charge in [0.15, 0.2) is 5.96 Å². The molecule has 0 radical (unpaired) electrons. The lowest BCUT2D eigenvalue weighted by molar-refractivity contribution is 0.299. The van der Waals surface area contributed by atoms with Crippen LogP contribution in [0.15, 0.2) is 4.99 Å². The fourth-order valence-corrected chi connectivity index (χ4v) is 4.80. The van der Waals surface area contributed by atoms with E-state index >= 15 is 0 Å². The molecule has 3 unspecified atom stereocenters. The highest BCUT2D eigenvalue weighted by atomic mass is 15.3. The number of guanidine groups is 1. The molecule has 2 saturated heterocycles. The molecule has 0 spiro atoms. The Bertz CT molecular complexity index is 381. The Morgan fingerprint density at radius 3 is 2.43 bits per heavy atom. The molecule has 1 saturated carbocycles. The molecule has 0 aromatic rings. The van der Waals surface area contributed by atoms with Crippen molar-refractivity contribution in [1.29, 1.82) is 0 Å². The molecule has 23 heavy (non-hydrogen) atoms. The Balaban J connectivity index is 1.54. The first-order valence-electron chi connectivity index (χ1n) is 10.1. The Labute approximate surface area is 142 Å². The van der Waals surface area contributed by atoms with Gasteiger partial charge in [-0.3, -0.25) is 4.99 Å². The van der Waals surface area contributed by atoms with Crippen molar-refractivity contribution in [3.05, 3.63) is 0 Å². The Morgan fingerprint density at radius 2 is 1.78 bits per heavy atom. The van der Waals surface area contributed by atoms with Crippen molar-refractivity contribution in [3.8, 4) is 0 Å². The summed E-state index contributed by atoms with van der Waals surface area (Å²) in [7, 11) is 0. The lowest BCUT2D eigenvalue weighted by Gasteiger charge is -2.22. The van der Waals surface area contributed by atoms with Gasteiger partial charge in [0.2, 0.25) is 0 Å². The molecule has 3 aliphatic rings. The Morgan fingerprint density at radius 1 is 1.04 bits per heavy atom. The molecular weight excluding hydrogens is 284 g/mol. The minimum atomic E-state index is 0.764. The first kappa shape index (κ1) is 17.1. The van der Waals surface area contributed by atoms with Crippen molar-refractivity contribution in [2.75, 3.05) is 45.8 Å². The zero-order valence-electron chi connectivity index (χ0n) is 15.3. The third-order valence-electron chi connectivity index (χ3n) is 6.02. The predicted molar refractivity (Wildman–Crippen MR) is 97.8 cm³/mol. The molecule has 0 bridgehead atoms. The quantitative estimate of drug-likeness (QED) is 0.624. The maximum Gasteiger partial charge on any atom is 0.193 e. The molecule has 0 aromatic heterocycles. The summed E-state index contributed by atoms with van der Waals surface area (Å²) in [6.07, 6.45) is 8.36. The molecule has 4 nitrogen and oxygen atoms in total. The molecule has 3 rings (SSSR count). The van der Waals surface area contributed by atoms with Crippen LogP contribution >= 0.6 is 0 Å². The first-order valence-corrected chi connectivity index (χ1v) is 10.1. The molecule has 4 heteroatoms. The van der Waals surface area contributed by atoms with Gasteiger partial charge in [-0.1, -0.05) is 19.8 Å². The molecular formula is C19H36N4. The smallest absolute Gasteiger partial charge is 0.193 e. The van der Waals surface area contributed by atoms with E-state index in [9.17, 15) is 0 Å². The second-order valence-corrected chi connectivity index (χ2v) is 7.86. The molecule has 1 N–H and O–H groups in total. The summed E-state index contributed by atoms with van der Waals surface area (Å²) in [6.45, 7) is 12.7. The molecule has 1 aliphatic carbocycles. The highest BCUT2D eigenvalue weighted by Crippen LogP contribution is 2.36. The monoisotopic (exact) mass is 320 g/mol. The lowest BCUT2D eigenvalue weighted by atomic mass is 9.82. The van der Waals surface area contributed by atoms with Crippen LogP contribution in [0, 0.1) is 17.8 Å². The van der Waals surface area contributed by atoms with E-state index in [4.69, 9.17) is 4.99 Å². The molecule has 0 aromatic carbocycles. The van der Waals surface area contributed by atoms with Crippen molar-refractivity contribution in [2.45, 2.75) is 52.4 Å². The Hall–Kier alpha value is -0.770. The van der Waals surface area contributed by atoms with Crippen LogP contribution in [0.1, 0.15) is 52.4 Å². The van der Waals surface area contributed by atoms with Crippen LogP contribution in [-0.2, 0) is 0 Å². The molecule has 2 aliphatic heterocycles. The maximum atomic E-state index is 5.03. The largest absolute Gasteiger partial charge is 0.357 e. The number of nitrogens with one attached hydrogen (secondary N) is 1. The molecule has 3 atom stereocenters. The SMILES string of the molecule is CCCN1CCC(CN=C(NCC)N2CC3CCCCC3C2)C1. The second-order valence-electron chi connectivity index (χ2n) is 7.86. The second kappa shape index (κ2) is 8.36. The summed E-state index contributed by atoms with van der Waals surface area (Å²) in [5, 5.41) is 3.56. The molecule has 3 fully saturated rings. The van der Waals surface area contributed by atoms with E-state index in [1.807, 2.05) is 0 Å². The summed E-state index contributed by atoms with van der Waals surface area (Å²) in [5.74, 6) is 3.81. The average molecular weight is 321 g/mol. The van der Waals surface area contributed by atoms with E-state index < -0.39 is 0 Å². The van der Waals surface area contributed by atoms with Gasteiger partial charge in [-0.2, -0.15) is 0 Å². The summed E-state index contributed by atoms with van der Waals surface area (Å²) in [6, 6.07) is 0. The van der Waals surface area contributed by atoms with E-state index in [2.05, 4.69) is 29.0 Å². The lowest BCUT2D eigenvalue weighted by Crippen LogP contribution is -2.40. The van der Waals surface area contributed by atoms with Crippen molar-refractivity contribution in [1.82, 2.24) is 15.1 Å². The van der Waals surface area contributed by atoms with Crippen LogP contribution < -0.4 is 5.32 Å². The van der Waals surface area contributed by atoms with Crippen LogP contribution in [0.2, 0.25) is 0 Å². The zero-order valence-corrected chi connectivity index (χ0v) is 15.3. The summed E-state index contributed by atoms with van der Waals surface area (Å²) in [4.78, 5) is 10.2. The normalized spacial score (nSPS) is 32.3. The minimum absolute atomic E-state index is 0.764. The molecule has 2 heterocycles. The highest BCUT2D eigenvalue weighted by molar-refractivity contribution is 5.80. The van der Waals surface area contributed by atoms with Gasteiger partial charge in [0.1, 0.15) is 0 Å². The van der Waals surface area contributed by atoms with Gasteiger partial charge in [0.25, 0.3) is 0 Å². The van der Waals surface area contributed by atoms with Crippen LogP contribution in [0.4, 0.5) is 0 Å². The van der Waals surface area contributed by atoms with Crippen LogP contribution in [0.5, 0.6) is 0 Å². The number of aliphatic imine (C=N–C) groups is 1. The first-order chi connectivity index (χ1) is 11.3. The molecule has 132 valence electrons. The molecule has 0 amide bonds. The standard InChI is InChI=1S/C19H36N4/c1-3-10-22-11-9-16(13-22)12-21-19(20-4-2)23-14-17-7-5-6-8-18(17)15-23/h16-18H,3-15H2,1-2H3,(H,20,21). The van der Waals surface area contributed by atoms with Gasteiger partial charge in [0, 0.05) is 32.7 Å². The van der Waals surface area contributed by atoms with E-state index in [1.165, 1.54) is 77.2 Å². The Kier molecular flexibility index (Phi) is 6.21. The number of likely N-dealkylation sites (tertiary alicyclic amines) is 2. The van der Waals surface area contributed by atoms with Crippen molar-refractivity contribution in [3.63, 3.8) is 0 Å².